The molecule has 1 unspecified atom stereocenters. The fourth-order valence-electron chi connectivity index (χ4n) is 2.74. The van der Waals surface area contributed by atoms with Crippen LogP contribution in [0.2, 0.25) is 0 Å². The van der Waals surface area contributed by atoms with Gasteiger partial charge in [0.25, 0.3) is 0 Å². The first-order valence-corrected chi connectivity index (χ1v) is 6.11. The molecule has 0 amide bonds. The average molecular weight is 209 g/mol. The first-order chi connectivity index (χ1) is 7.29. The van der Waals surface area contributed by atoms with Crippen LogP contribution >= 0.6 is 0 Å². The van der Waals surface area contributed by atoms with E-state index in [1.54, 1.807) is 0 Å². The lowest BCUT2D eigenvalue weighted by Gasteiger charge is -2.27. The summed E-state index contributed by atoms with van der Waals surface area (Å²) in [4.78, 5) is 0. The van der Waals surface area contributed by atoms with Gasteiger partial charge in [-0.1, -0.05) is 37.4 Å². The molecule has 1 aliphatic rings. The van der Waals surface area contributed by atoms with Gasteiger partial charge in [0.05, 0.1) is 5.71 Å². The van der Waals surface area contributed by atoms with Crippen LogP contribution in [0.15, 0.2) is 17.8 Å². The highest BCUT2D eigenvalue weighted by Crippen LogP contribution is 2.43. The van der Waals surface area contributed by atoms with Gasteiger partial charge in [-0.15, -0.1) is 6.58 Å². The number of unbranched alkanes of at least 4 members (excludes halogenated alkanes) is 2. The molecule has 1 N–H and O–H groups in total. The van der Waals surface area contributed by atoms with Crippen molar-refractivity contribution < 1.29 is 5.21 Å². The second kappa shape index (κ2) is 5.94. The van der Waals surface area contributed by atoms with Crippen molar-refractivity contribution in [3.8, 4) is 0 Å². The van der Waals surface area contributed by atoms with Crippen LogP contribution in [-0.4, -0.2) is 10.9 Å². The van der Waals surface area contributed by atoms with Gasteiger partial charge in [-0.2, -0.15) is 0 Å². The maximum atomic E-state index is 9.04. The van der Waals surface area contributed by atoms with E-state index in [-0.39, 0.29) is 5.41 Å². The summed E-state index contributed by atoms with van der Waals surface area (Å²) in [5.41, 5.74) is 1.16. The Bertz CT molecular complexity index is 235. The van der Waals surface area contributed by atoms with Gasteiger partial charge in [0.2, 0.25) is 0 Å². The lowest BCUT2D eigenvalue weighted by Crippen LogP contribution is -2.25. The van der Waals surface area contributed by atoms with Crippen molar-refractivity contribution >= 4 is 5.71 Å². The Kier molecular flexibility index (Phi) is 4.86. The van der Waals surface area contributed by atoms with Gasteiger partial charge >= 0.3 is 0 Å². The average Bonchev–Trinajstić information content (AvgIpc) is 2.62. The lowest BCUT2D eigenvalue weighted by atomic mass is 9.77. The normalized spacial score (nSPS) is 28.5. The Morgan fingerprint density at radius 2 is 2.33 bits per heavy atom. The third-order valence-electron chi connectivity index (χ3n) is 3.60. The van der Waals surface area contributed by atoms with Gasteiger partial charge in [0, 0.05) is 5.41 Å². The molecule has 1 rings (SSSR count). The summed E-state index contributed by atoms with van der Waals surface area (Å²) in [5.74, 6) is 0. The molecule has 0 aromatic heterocycles. The molecule has 86 valence electrons. The van der Waals surface area contributed by atoms with E-state index in [0.717, 1.165) is 25.0 Å². The van der Waals surface area contributed by atoms with Gasteiger partial charge in [0.1, 0.15) is 0 Å². The van der Waals surface area contributed by atoms with Gasteiger partial charge in [0.15, 0.2) is 0 Å². The molecule has 2 heteroatoms. The van der Waals surface area contributed by atoms with Crippen LogP contribution in [0.1, 0.15) is 58.3 Å². The molecule has 0 aliphatic heterocycles. The zero-order chi connectivity index (χ0) is 11.1. The Hall–Kier alpha value is -0.790. The van der Waals surface area contributed by atoms with Crippen molar-refractivity contribution in [2.45, 2.75) is 58.3 Å². The second-order valence-electron chi connectivity index (χ2n) is 4.63. The molecular formula is C13H23NO. The van der Waals surface area contributed by atoms with Crippen LogP contribution < -0.4 is 0 Å². The molecule has 0 bridgehead atoms. The SMILES string of the molecule is C=CCC1(CCCCC)CCC/C1=N\O. The van der Waals surface area contributed by atoms with Crippen LogP contribution in [0.4, 0.5) is 0 Å². The Balaban J connectivity index is 2.64. The maximum absolute atomic E-state index is 9.04. The first-order valence-electron chi connectivity index (χ1n) is 6.11. The minimum Gasteiger partial charge on any atom is -0.411 e. The molecule has 0 heterocycles. The zero-order valence-electron chi connectivity index (χ0n) is 9.84. The first kappa shape index (κ1) is 12.3. The van der Waals surface area contributed by atoms with E-state index in [4.69, 9.17) is 5.21 Å². The summed E-state index contributed by atoms with van der Waals surface area (Å²) in [6.45, 7) is 6.05. The predicted molar refractivity (Wildman–Crippen MR) is 64.5 cm³/mol. The van der Waals surface area contributed by atoms with E-state index < -0.39 is 0 Å². The van der Waals surface area contributed by atoms with Crippen molar-refractivity contribution in [3.05, 3.63) is 12.7 Å². The molecule has 1 saturated carbocycles. The van der Waals surface area contributed by atoms with E-state index in [9.17, 15) is 0 Å². The maximum Gasteiger partial charge on any atom is 0.0635 e. The van der Waals surface area contributed by atoms with E-state index in [0.29, 0.717) is 0 Å². The summed E-state index contributed by atoms with van der Waals surface area (Å²) in [6.07, 6.45) is 11.2. The van der Waals surface area contributed by atoms with Crippen molar-refractivity contribution in [3.63, 3.8) is 0 Å². The van der Waals surface area contributed by atoms with Gasteiger partial charge in [-0.3, -0.25) is 0 Å². The molecule has 1 fully saturated rings. The van der Waals surface area contributed by atoms with Crippen LogP contribution in [0, 0.1) is 5.41 Å². The molecule has 2 nitrogen and oxygen atoms in total. The number of oxime groups is 1. The highest BCUT2D eigenvalue weighted by Gasteiger charge is 2.38. The largest absolute Gasteiger partial charge is 0.411 e. The number of nitrogens with zero attached hydrogens (tertiary/aromatic N) is 1. The minimum absolute atomic E-state index is 0.145. The monoisotopic (exact) mass is 209 g/mol. The summed E-state index contributed by atoms with van der Waals surface area (Å²) >= 11 is 0. The molecule has 0 aromatic rings. The standard InChI is InChI=1S/C13H23NO/c1-3-5-6-10-13(9-4-2)11-7-8-12(13)14-15/h4,15H,2-3,5-11H2,1H3/b14-12+. The Labute approximate surface area is 93.1 Å². The van der Waals surface area contributed by atoms with Crippen molar-refractivity contribution in [1.82, 2.24) is 0 Å². The van der Waals surface area contributed by atoms with Crippen molar-refractivity contribution in [2.75, 3.05) is 0 Å². The van der Waals surface area contributed by atoms with E-state index in [1.165, 1.54) is 32.1 Å². The lowest BCUT2D eigenvalue weighted by molar-refractivity contribution is 0.297. The number of hydrogen-bond acceptors (Lipinski definition) is 2. The molecular weight excluding hydrogens is 186 g/mol. The van der Waals surface area contributed by atoms with Crippen molar-refractivity contribution in [1.29, 1.82) is 0 Å². The topological polar surface area (TPSA) is 32.6 Å². The smallest absolute Gasteiger partial charge is 0.0635 e. The van der Waals surface area contributed by atoms with Crippen LogP contribution in [0.25, 0.3) is 0 Å². The van der Waals surface area contributed by atoms with E-state index in [2.05, 4.69) is 18.7 Å². The molecule has 0 aromatic carbocycles. The summed E-state index contributed by atoms with van der Waals surface area (Å²) in [7, 11) is 0. The number of allylic oxidation sites excluding steroid dienone is 1. The third-order valence-corrected chi connectivity index (χ3v) is 3.60. The van der Waals surface area contributed by atoms with Crippen LogP contribution in [-0.2, 0) is 0 Å². The molecule has 1 atom stereocenters. The third kappa shape index (κ3) is 2.83. The van der Waals surface area contributed by atoms with Gasteiger partial charge in [-0.25, -0.2) is 0 Å². The molecule has 0 spiro atoms. The fraction of sp³-hybridized carbons (Fsp3) is 0.769. The van der Waals surface area contributed by atoms with E-state index in [1.807, 2.05) is 6.08 Å². The molecule has 15 heavy (non-hydrogen) atoms. The second-order valence-corrected chi connectivity index (χ2v) is 4.63. The quantitative estimate of drug-likeness (QED) is 0.303. The molecule has 1 aliphatic carbocycles. The predicted octanol–water partition coefficient (Wildman–Crippen LogP) is 4.14. The van der Waals surface area contributed by atoms with E-state index >= 15 is 0 Å². The Morgan fingerprint density at radius 1 is 1.53 bits per heavy atom. The van der Waals surface area contributed by atoms with Gasteiger partial charge < -0.3 is 5.21 Å². The Morgan fingerprint density at radius 3 is 2.93 bits per heavy atom. The summed E-state index contributed by atoms with van der Waals surface area (Å²) in [6, 6.07) is 0. The highest BCUT2D eigenvalue weighted by atomic mass is 16.4. The number of rotatable bonds is 6. The fourth-order valence-corrected chi connectivity index (χ4v) is 2.74. The van der Waals surface area contributed by atoms with Gasteiger partial charge in [-0.05, 0) is 32.1 Å². The van der Waals surface area contributed by atoms with Crippen molar-refractivity contribution in [2.24, 2.45) is 10.6 Å². The zero-order valence-corrected chi connectivity index (χ0v) is 9.84. The highest BCUT2D eigenvalue weighted by molar-refractivity contribution is 5.91. The number of hydrogen-bond donors (Lipinski definition) is 1. The molecule has 0 saturated heterocycles. The molecule has 0 radical (unpaired) electrons. The summed E-state index contributed by atoms with van der Waals surface area (Å²) < 4.78 is 0. The minimum atomic E-state index is 0.145. The van der Waals surface area contributed by atoms with Crippen LogP contribution in [0.5, 0.6) is 0 Å². The summed E-state index contributed by atoms with van der Waals surface area (Å²) in [5, 5.41) is 12.5. The van der Waals surface area contributed by atoms with Crippen LogP contribution in [0.3, 0.4) is 0 Å².